The third-order valence-corrected chi connectivity index (χ3v) is 5.30. The van der Waals surface area contributed by atoms with Crippen LogP contribution in [0, 0.1) is 28.4 Å². The lowest BCUT2D eigenvalue weighted by Gasteiger charge is -2.15. The first-order chi connectivity index (χ1) is 14.1. The third kappa shape index (κ3) is 4.11. The van der Waals surface area contributed by atoms with Crippen LogP contribution in [0.5, 0.6) is 0 Å². The number of rotatable bonds is 3. The van der Waals surface area contributed by atoms with Gasteiger partial charge in [-0.25, -0.2) is 8.78 Å². The Kier molecular flexibility index (Phi) is 5.76. The van der Waals surface area contributed by atoms with E-state index in [4.69, 9.17) is 0 Å². The first-order valence-corrected chi connectivity index (χ1v) is 9.73. The molecular formula is C22H17F2N3O2S. The highest BCUT2D eigenvalue weighted by molar-refractivity contribution is 7.07. The van der Waals surface area contributed by atoms with Gasteiger partial charge in [0, 0.05) is 23.9 Å². The topological polar surface area (TPSA) is 75.8 Å². The molecule has 1 aromatic carbocycles. The fourth-order valence-electron chi connectivity index (χ4n) is 2.71. The highest BCUT2D eigenvalue weighted by atomic mass is 32.1. The van der Waals surface area contributed by atoms with Crippen molar-refractivity contribution in [3.8, 4) is 11.8 Å². The summed E-state index contributed by atoms with van der Waals surface area (Å²) in [5.74, 6) is -2.27. The van der Waals surface area contributed by atoms with Gasteiger partial charge in [0.15, 0.2) is 5.78 Å². The fourth-order valence-corrected chi connectivity index (χ4v) is 3.81. The molecule has 0 unspecified atom stereocenters. The molecule has 0 aliphatic rings. The lowest BCUT2D eigenvalue weighted by Crippen LogP contribution is -2.33. The van der Waals surface area contributed by atoms with Crippen molar-refractivity contribution in [3.63, 3.8) is 0 Å². The van der Waals surface area contributed by atoms with Crippen LogP contribution >= 0.6 is 11.3 Å². The summed E-state index contributed by atoms with van der Waals surface area (Å²) in [7, 11) is 0. The summed E-state index contributed by atoms with van der Waals surface area (Å²) in [5.41, 5.74) is -1.35. The Morgan fingerprint density at radius 1 is 1.20 bits per heavy atom. The number of nitriles is 1. The Balaban J connectivity index is 2.48. The molecule has 0 spiro atoms. The second-order valence-electron chi connectivity index (χ2n) is 7.50. The zero-order chi connectivity index (χ0) is 22.1. The molecule has 5 nitrogen and oxygen atoms in total. The van der Waals surface area contributed by atoms with Gasteiger partial charge < -0.3 is 0 Å². The zero-order valence-corrected chi connectivity index (χ0v) is 17.3. The minimum absolute atomic E-state index is 0.00626. The molecule has 0 amide bonds. The largest absolute Gasteiger partial charge is 0.293 e. The van der Waals surface area contributed by atoms with Crippen LogP contribution in [0.1, 0.15) is 26.3 Å². The lowest BCUT2D eigenvalue weighted by atomic mass is 9.87. The first-order valence-electron chi connectivity index (χ1n) is 8.91. The van der Waals surface area contributed by atoms with Crippen LogP contribution in [0.25, 0.3) is 17.3 Å². The van der Waals surface area contributed by atoms with Gasteiger partial charge in [-0.2, -0.15) is 5.26 Å². The summed E-state index contributed by atoms with van der Waals surface area (Å²) >= 11 is 0.900. The summed E-state index contributed by atoms with van der Waals surface area (Å²) in [4.78, 5) is 29.9. The highest BCUT2D eigenvalue weighted by Crippen LogP contribution is 2.20. The van der Waals surface area contributed by atoms with Crippen molar-refractivity contribution in [1.82, 2.24) is 9.55 Å². The molecule has 30 heavy (non-hydrogen) atoms. The number of aromatic nitrogens is 2. The molecule has 0 aliphatic heterocycles. The average Bonchev–Trinajstić information content (AvgIpc) is 2.99. The number of benzene rings is 1. The Morgan fingerprint density at radius 3 is 2.43 bits per heavy atom. The lowest BCUT2D eigenvalue weighted by molar-refractivity contribution is -0.120. The number of halogens is 2. The predicted octanol–water partition coefficient (Wildman–Crippen LogP) is 2.69. The number of carbonyl (C=O) groups is 1. The van der Waals surface area contributed by atoms with Gasteiger partial charge in [0.1, 0.15) is 27.9 Å². The summed E-state index contributed by atoms with van der Waals surface area (Å²) < 4.78 is 29.1. The van der Waals surface area contributed by atoms with Crippen molar-refractivity contribution < 1.29 is 13.6 Å². The van der Waals surface area contributed by atoms with E-state index in [0.717, 1.165) is 28.0 Å². The number of hydrogen-bond donors (Lipinski definition) is 0. The van der Waals surface area contributed by atoms with Gasteiger partial charge in [-0.3, -0.25) is 19.1 Å². The van der Waals surface area contributed by atoms with E-state index in [1.807, 2.05) is 6.07 Å². The molecule has 0 bridgehead atoms. The molecular weight excluding hydrogens is 408 g/mol. The van der Waals surface area contributed by atoms with Crippen molar-refractivity contribution in [3.05, 3.63) is 79.5 Å². The van der Waals surface area contributed by atoms with Crippen molar-refractivity contribution in [1.29, 1.82) is 5.26 Å². The quantitative estimate of drug-likeness (QED) is 0.647. The highest BCUT2D eigenvalue weighted by Gasteiger charge is 2.28. The fraction of sp³-hybridized carbons (Fsp3) is 0.182. The van der Waals surface area contributed by atoms with Crippen LogP contribution in [0.3, 0.4) is 0 Å². The van der Waals surface area contributed by atoms with E-state index in [0.29, 0.717) is 11.6 Å². The molecule has 0 saturated carbocycles. The van der Waals surface area contributed by atoms with Crippen molar-refractivity contribution in [2.24, 2.45) is 5.41 Å². The van der Waals surface area contributed by atoms with E-state index in [-0.39, 0.29) is 20.5 Å². The molecule has 3 rings (SSSR count). The van der Waals surface area contributed by atoms with Crippen molar-refractivity contribution in [2.45, 2.75) is 20.8 Å². The molecule has 2 heterocycles. The summed E-state index contributed by atoms with van der Waals surface area (Å²) in [6.07, 6.45) is 4.66. The Bertz CT molecular complexity index is 1340. The van der Waals surface area contributed by atoms with E-state index in [2.05, 4.69) is 4.98 Å². The minimum atomic E-state index is -0.980. The van der Waals surface area contributed by atoms with Crippen LogP contribution < -0.4 is 14.8 Å². The standard InChI is InChI=1S/C22H17F2N3O2S/c1-22(2,3)19(28)15(12-25)21-27(17-5-4-14(23)11-16(17)24)20(29)18(30-21)10-13-6-8-26-9-7-13/h4-11H,1-3H3. The molecule has 152 valence electrons. The zero-order valence-electron chi connectivity index (χ0n) is 16.4. The summed E-state index contributed by atoms with van der Waals surface area (Å²) in [6.45, 7) is 4.93. The molecule has 3 aromatic rings. The minimum Gasteiger partial charge on any atom is -0.293 e. The Morgan fingerprint density at radius 2 is 1.87 bits per heavy atom. The van der Waals surface area contributed by atoms with Crippen LogP contribution in [0.2, 0.25) is 0 Å². The Hall–Kier alpha value is -3.44. The summed E-state index contributed by atoms with van der Waals surface area (Å²) in [6, 6.07) is 7.98. The predicted molar refractivity (Wildman–Crippen MR) is 110 cm³/mol. The SMILES string of the molecule is CC(C)(C)C(=O)C(C#N)=c1sc(=Cc2ccncc2)c(=O)n1-c1ccc(F)cc1F. The maximum atomic E-state index is 14.5. The number of pyridine rings is 1. The second kappa shape index (κ2) is 8.13. The molecule has 0 radical (unpaired) electrons. The number of hydrogen-bond acceptors (Lipinski definition) is 5. The number of thiazole rings is 1. The number of ketones is 1. The Labute approximate surface area is 174 Å². The third-order valence-electron chi connectivity index (χ3n) is 4.21. The first kappa shape index (κ1) is 21.3. The van der Waals surface area contributed by atoms with E-state index in [1.165, 1.54) is 0 Å². The van der Waals surface area contributed by atoms with Crippen LogP contribution in [-0.4, -0.2) is 15.3 Å². The van der Waals surface area contributed by atoms with Crippen molar-refractivity contribution in [2.75, 3.05) is 0 Å². The van der Waals surface area contributed by atoms with Gasteiger partial charge in [0.2, 0.25) is 0 Å². The van der Waals surface area contributed by atoms with E-state index >= 15 is 0 Å². The molecule has 0 fully saturated rings. The molecule has 8 heteroatoms. The normalized spacial score (nSPS) is 13.1. The molecule has 0 aliphatic carbocycles. The molecule has 2 aromatic heterocycles. The van der Waals surface area contributed by atoms with Gasteiger partial charge in [-0.05, 0) is 35.9 Å². The van der Waals surface area contributed by atoms with E-state index in [1.54, 1.807) is 51.4 Å². The maximum absolute atomic E-state index is 14.5. The smallest absolute Gasteiger partial charge is 0.273 e. The number of carbonyl (C=O) groups excluding carboxylic acids is 1. The summed E-state index contributed by atoms with van der Waals surface area (Å²) in [5, 5.41) is 9.70. The molecule has 0 saturated heterocycles. The van der Waals surface area contributed by atoms with Crippen LogP contribution in [0.4, 0.5) is 8.78 Å². The van der Waals surface area contributed by atoms with E-state index < -0.39 is 28.4 Å². The van der Waals surface area contributed by atoms with E-state index in [9.17, 15) is 23.6 Å². The second-order valence-corrected chi connectivity index (χ2v) is 8.53. The number of nitrogens with zero attached hydrogens (tertiary/aromatic N) is 3. The van der Waals surface area contributed by atoms with Crippen molar-refractivity contribution >= 4 is 28.8 Å². The van der Waals surface area contributed by atoms with Gasteiger partial charge in [-0.1, -0.05) is 20.8 Å². The average molecular weight is 425 g/mol. The van der Waals surface area contributed by atoms with Gasteiger partial charge in [0.05, 0.1) is 10.2 Å². The molecule has 0 atom stereocenters. The van der Waals surface area contributed by atoms with Gasteiger partial charge in [0.25, 0.3) is 5.56 Å². The monoisotopic (exact) mass is 425 g/mol. The van der Waals surface area contributed by atoms with Gasteiger partial charge in [-0.15, -0.1) is 11.3 Å². The van der Waals surface area contributed by atoms with Gasteiger partial charge >= 0.3 is 0 Å². The molecule has 0 N–H and O–H groups in total. The number of Topliss-reactive ketones (excluding diaryl/α,β-unsaturated/α-hetero) is 1. The van der Waals surface area contributed by atoms with Crippen LogP contribution in [-0.2, 0) is 4.79 Å². The van der Waals surface area contributed by atoms with Crippen LogP contribution in [0.15, 0.2) is 47.5 Å². The maximum Gasteiger partial charge on any atom is 0.273 e.